The Morgan fingerprint density at radius 1 is 1.19 bits per heavy atom. The molecule has 0 spiro atoms. The monoisotopic (exact) mass is 335 g/mol. The molecule has 0 radical (unpaired) electrons. The Kier molecular flexibility index (Phi) is 4.66. The number of nitrogens with two attached hydrogens (primary N) is 2. The van der Waals surface area contributed by atoms with Gasteiger partial charge in [-0.3, -0.25) is 0 Å². The first kappa shape index (κ1) is 12.9. The van der Waals surface area contributed by atoms with Gasteiger partial charge in [-0.25, -0.2) is 4.99 Å². The molecule has 1 aromatic rings. The molecule has 0 saturated carbocycles. The summed E-state index contributed by atoms with van der Waals surface area (Å²) < 4.78 is 10.8. The zero-order valence-corrected chi connectivity index (χ0v) is 11.0. The lowest BCUT2D eigenvalue weighted by Gasteiger charge is -2.18. The first-order chi connectivity index (χ1) is 7.25. The molecule has 1 heterocycles. The van der Waals surface area contributed by atoms with Crippen molar-refractivity contribution in [3.8, 4) is 11.5 Å². The lowest BCUT2D eigenvalue weighted by Crippen LogP contribution is -2.22. The van der Waals surface area contributed by atoms with E-state index in [-0.39, 0.29) is 29.9 Å². The predicted molar refractivity (Wildman–Crippen MR) is 72.4 cm³/mol. The topological polar surface area (TPSA) is 82.9 Å². The lowest BCUT2D eigenvalue weighted by atomic mass is 10.2. The third-order valence-corrected chi connectivity index (χ3v) is 2.05. The van der Waals surface area contributed by atoms with Gasteiger partial charge in [-0.15, -0.1) is 24.0 Å². The Morgan fingerprint density at radius 2 is 1.88 bits per heavy atom. The maximum Gasteiger partial charge on any atom is 0.186 e. The fourth-order valence-electron chi connectivity index (χ4n) is 1.37. The molecule has 1 aromatic carbocycles. The molecule has 0 unspecified atom stereocenters. The van der Waals surface area contributed by atoms with Gasteiger partial charge < -0.3 is 20.9 Å². The van der Waals surface area contributed by atoms with Gasteiger partial charge in [-0.1, -0.05) is 6.07 Å². The molecule has 0 aliphatic carbocycles. The van der Waals surface area contributed by atoms with Crippen LogP contribution in [0.15, 0.2) is 23.2 Å². The van der Waals surface area contributed by atoms with Crippen LogP contribution in [0, 0.1) is 0 Å². The predicted octanol–water partition coefficient (Wildman–Crippen LogP) is 0.849. The van der Waals surface area contributed by atoms with E-state index in [9.17, 15) is 0 Å². The molecule has 1 aliphatic rings. The summed E-state index contributed by atoms with van der Waals surface area (Å²) in [5.74, 6) is 1.61. The van der Waals surface area contributed by atoms with Crippen molar-refractivity contribution in [1.82, 2.24) is 0 Å². The van der Waals surface area contributed by atoms with E-state index in [0.29, 0.717) is 19.8 Å². The van der Waals surface area contributed by atoms with E-state index in [1.165, 1.54) is 0 Å². The summed E-state index contributed by atoms with van der Waals surface area (Å²) in [6.45, 7) is 1.64. The standard InChI is InChI=1S/C10H13N3O2.HI/c11-10(12)13-6-7-1-2-8-9(5-7)15-4-3-14-8;/h1-2,5H,3-4,6H2,(H4,11,12,13);1H. The van der Waals surface area contributed by atoms with Crippen LogP contribution in [0.2, 0.25) is 0 Å². The summed E-state index contributed by atoms with van der Waals surface area (Å²) in [4.78, 5) is 3.92. The van der Waals surface area contributed by atoms with Crippen molar-refractivity contribution in [2.75, 3.05) is 13.2 Å². The van der Waals surface area contributed by atoms with E-state index < -0.39 is 0 Å². The van der Waals surface area contributed by atoms with Gasteiger partial charge in [0.1, 0.15) is 13.2 Å². The SMILES string of the molecule is I.NC(N)=NCc1ccc2c(c1)OCCO2. The van der Waals surface area contributed by atoms with Crippen molar-refractivity contribution in [3.05, 3.63) is 23.8 Å². The van der Waals surface area contributed by atoms with Crippen LogP contribution in [0.25, 0.3) is 0 Å². The van der Waals surface area contributed by atoms with Gasteiger partial charge in [0.2, 0.25) is 0 Å². The number of fused-ring (bicyclic) bond motifs is 1. The van der Waals surface area contributed by atoms with Gasteiger partial charge in [0.15, 0.2) is 17.5 Å². The fraction of sp³-hybridized carbons (Fsp3) is 0.300. The van der Waals surface area contributed by atoms with Crippen LogP contribution < -0.4 is 20.9 Å². The summed E-state index contributed by atoms with van der Waals surface area (Å²) >= 11 is 0. The van der Waals surface area contributed by atoms with Crippen molar-refractivity contribution in [3.63, 3.8) is 0 Å². The highest BCUT2D eigenvalue weighted by Crippen LogP contribution is 2.30. The maximum absolute atomic E-state index is 5.43. The number of guanidine groups is 1. The quantitative estimate of drug-likeness (QED) is 0.477. The first-order valence-electron chi connectivity index (χ1n) is 4.69. The maximum atomic E-state index is 5.43. The van der Waals surface area contributed by atoms with E-state index in [4.69, 9.17) is 20.9 Å². The van der Waals surface area contributed by atoms with Crippen molar-refractivity contribution in [2.24, 2.45) is 16.5 Å². The minimum atomic E-state index is 0. The largest absolute Gasteiger partial charge is 0.486 e. The van der Waals surface area contributed by atoms with Crippen molar-refractivity contribution in [2.45, 2.75) is 6.54 Å². The highest BCUT2D eigenvalue weighted by molar-refractivity contribution is 14.0. The molecule has 0 aromatic heterocycles. The van der Waals surface area contributed by atoms with Gasteiger partial charge in [-0.2, -0.15) is 0 Å². The van der Waals surface area contributed by atoms with Crippen molar-refractivity contribution in [1.29, 1.82) is 0 Å². The highest BCUT2D eigenvalue weighted by Gasteiger charge is 2.11. The molecule has 0 fully saturated rings. The minimum absolute atomic E-state index is 0. The molecule has 5 nitrogen and oxygen atoms in total. The Balaban J connectivity index is 0.00000128. The average molecular weight is 335 g/mol. The van der Waals surface area contributed by atoms with Gasteiger partial charge in [0.05, 0.1) is 6.54 Å². The molecular weight excluding hydrogens is 321 g/mol. The molecule has 0 atom stereocenters. The van der Waals surface area contributed by atoms with Crippen LogP contribution in [-0.4, -0.2) is 19.2 Å². The molecule has 0 amide bonds. The van der Waals surface area contributed by atoms with Gasteiger partial charge in [-0.05, 0) is 17.7 Å². The van der Waals surface area contributed by atoms with Crippen LogP contribution in [0.3, 0.4) is 0 Å². The Morgan fingerprint density at radius 3 is 2.56 bits per heavy atom. The number of benzene rings is 1. The van der Waals surface area contributed by atoms with Gasteiger partial charge in [0.25, 0.3) is 0 Å². The van der Waals surface area contributed by atoms with E-state index in [1.807, 2.05) is 18.2 Å². The van der Waals surface area contributed by atoms with E-state index in [2.05, 4.69) is 4.99 Å². The number of halogens is 1. The number of hydrogen-bond acceptors (Lipinski definition) is 3. The normalized spacial score (nSPS) is 12.5. The molecule has 16 heavy (non-hydrogen) atoms. The van der Waals surface area contributed by atoms with E-state index in [0.717, 1.165) is 17.1 Å². The van der Waals surface area contributed by atoms with Crippen LogP contribution in [-0.2, 0) is 6.54 Å². The molecular formula is C10H14IN3O2. The van der Waals surface area contributed by atoms with Crippen LogP contribution in [0.5, 0.6) is 11.5 Å². The van der Waals surface area contributed by atoms with Crippen molar-refractivity contribution >= 4 is 29.9 Å². The Hall–Kier alpha value is -1.18. The number of rotatable bonds is 2. The van der Waals surface area contributed by atoms with Gasteiger partial charge >= 0.3 is 0 Å². The number of hydrogen-bond donors (Lipinski definition) is 2. The molecule has 1 aliphatic heterocycles. The number of nitrogens with zero attached hydrogens (tertiary/aromatic N) is 1. The Bertz CT molecular complexity index is 392. The summed E-state index contributed by atoms with van der Waals surface area (Å²) in [6.07, 6.45) is 0. The summed E-state index contributed by atoms with van der Waals surface area (Å²) in [5, 5.41) is 0. The lowest BCUT2D eigenvalue weighted by molar-refractivity contribution is 0.171. The highest BCUT2D eigenvalue weighted by atomic mass is 127. The fourth-order valence-corrected chi connectivity index (χ4v) is 1.37. The van der Waals surface area contributed by atoms with Crippen LogP contribution in [0.4, 0.5) is 0 Å². The summed E-state index contributed by atoms with van der Waals surface area (Å²) in [6, 6.07) is 5.67. The third kappa shape index (κ3) is 3.16. The van der Waals surface area contributed by atoms with Crippen molar-refractivity contribution < 1.29 is 9.47 Å². The summed E-state index contributed by atoms with van der Waals surface area (Å²) in [5.41, 5.74) is 11.5. The third-order valence-electron chi connectivity index (χ3n) is 2.05. The molecule has 0 saturated heterocycles. The second-order valence-corrected chi connectivity index (χ2v) is 3.22. The Labute approximate surface area is 111 Å². The van der Waals surface area contributed by atoms with Gasteiger partial charge in [0, 0.05) is 0 Å². The number of ether oxygens (including phenoxy) is 2. The van der Waals surface area contributed by atoms with Crippen LogP contribution in [0.1, 0.15) is 5.56 Å². The minimum Gasteiger partial charge on any atom is -0.486 e. The van der Waals surface area contributed by atoms with Crippen LogP contribution >= 0.6 is 24.0 Å². The molecule has 0 bridgehead atoms. The smallest absolute Gasteiger partial charge is 0.186 e. The second kappa shape index (κ2) is 5.78. The first-order valence-corrected chi connectivity index (χ1v) is 4.69. The second-order valence-electron chi connectivity index (χ2n) is 3.22. The molecule has 88 valence electrons. The zero-order chi connectivity index (χ0) is 10.7. The van der Waals surface area contributed by atoms with E-state index in [1.54, 1.807) is 0 Å². The number of aliphatic imine (C=N–C) groups is 1. The molecule has 4 N–H and O–H groups in total. The average Bonchev–Trinajstić information content (AvgIpc) is 2.26. The zero-order valence-electron chi connectivity index (χ0n) is 8.68. The van der Waals surface area contributed by atoms with E-state index >= 15 is 0 Å². The molecule has 6 heteroatoms. The summed E-state index contributed by atoms with van der Waals surface area (Å²) in [7, 11) is 0. The molecule has 2 rings (SSSR count).